The standard InChI is InChI=1S/C18H20ClNO2/c1-10-6-5-9-14(11(10)2)20-16-15(19)17(21)12-7-3-4-8-13(12)18(16)22/h3-4,7-8,10-11,14,20H,5-6,9H2,1-2H3. The van der Waals surface area contributed by atoms with Gasteiger partial charge in [-0.3, -0.25) is 9.59 Å². The van der Waals surface area contributed by atoms with Crippen LogP contribution in [-0.2, 0) is 0 Å². The van der Waals surface area contributed by atoms with Gasteiger partial charge in [-0.25, -0.2) is 0 Å². The summed E-state index contributed by atoms with van der Waals surface area (Å²) in [5.74, 6) is 0.611. The number of fused-ring (bicyclic) bond motifs is 1. The lowest BCUT2D eigenvalue weighted by Crippen LogP contribution is -2.43. The Kier molecular flexibility index (Phi) is 4.09. The Hall–Kier alpha value is -1.61. The van der Waals surface area contributed by atoms with E-state index in [0.29, 0.717) is 23.0 Å². The van der Waals surface area contributed by atoms with Gasteiger partial charge in [0.15, 0.2) is 0 Å². The minimum Gasteiger partial charge on any atom is -0.378 e. The second-order valence-electron chi connectivity index (χ2n) is 6.41. The highest BCUT2D eigenvalue weighted by Gasteiger charge is 2.34. The van der Waals surface area contributed by atoms with Crippen molar-refractivity contribution in [2.45, 2.75) is 39.2 Å². The minimum absolute atomic E-state index is 0.0223. The zero-order valence-corrected chi connectivity index (χ0v) is 13.6. The fourth-order valence-electron chi connectivity index (χ4n) is 3.45. The lowest BCUT2D eigenvalue weighted by atomic mass is 9.77. The Morgan fingerprint density at radius 2 is 1.68 bits per heavy atom. The number of nitrogens with one attached hydrogen (secondary N) is 1. The summed E-state index contributed by atoms with van der Waals surface area (Å²) in [7, 11) is 0. The van der Waals surface area contributed by atoms with Gasteiger partial charge in [-0.2, -0.15) is 0 Å². The van der Waals surface area contributed by atoms with Crippen molar-refractivity contribution in [2.24, 2.45) is 11.8 Å². The van der Waals surface area contributed by atoms with Crippen LogP contribution in [0.3, 0.4) is 0 Å². The number of hydrogen-bond donors (Lipinski definition) is 1. The molecule has 22 heavy (non-hydrogen) atoms. The third-order valence-electron chi connectivity index (χ3n) is 5.10. The maximum Gasteiger partial charge on any atom is 0.211 e. The van der Waals surface area contributed by atoms with Gasteiger partial charge in [0.25, 0.3) is 0 Å². The van der Waals surface area contributed by atoms with E-state index < -0.39 is 0 Å². The first-order valence-corrected chi connectivity index (χ1v) is 8.23. The molecule has 1 aromatic carbocycles. The molecule has 2 aliphatic carbocycles. The van der Waals surface area contributed by atoms with E-state index in [1.807, 2.05) is 0 Å². The molecule has 3 atom stereocenters. The van der Waals surface area contributed by atoms with E-state index in [0.717, 1.165) is 12.8 Å². The Morgan fingerprint density at radius 3 is 2.36 bits per heavy atom. The molecule has 4 heteroatoms. The monoisotopic (exact) mass is 317 g/mol. The van der Waals surface area contributed by atoms with Gasteiger partial charge >= 0.3 is 0 Å². The summed E-state index contributed by atoms with van der Waals surface area (Å²) in [4.78, 5) is 25.1. The molecular weight excluding hydrogens is 298 g/mol. The van der Waals surface area contributed by atoms with Crippen LogP contribution in [0.2, 0.25) is 0 Å². The molecule has 0 bridgehead atoms. The van der Waals surface area contributed by atoms with Crippen molar-refractivity contribution in [1.29, 1.82) is 0 Å². The molecule has 116 valence electrons. The molecule has 0 saturated heterocycles. The molecule has 1 N–H and O–H groups in total. The maximum atomic E-state index is 12.7. The van der Waals surface area contributed by atoms with Crippen LogP contribution in [0.5, 0.6) is 0 Å². The Labute approximate surface area is 135 Å². The summed E-state index contributed by atoms with van der Waals surface area (Å²) in [5.41, 5.74) is 1.11. The SMILES string of the molecule is CC1CCCC(NC2=C(Cl)C(=O)c3ccccc3C2=O)C1C. The van der Waals surface area contributed by atoms with E-state index in [1.165, 1.54) is 6.42 Å². The third-order valence-corrected chi connectivity index (χ3v) is 5.46. The molecule has 1 saturated carbocycles. The number of carbonyl (C=O) groups is 2. The Balaban J connectivity index is 1.92. The van der Waals surface area contributed by atoms with Crippen LogP contribution in [0.15, 0.2) is 35.0 Å². The van der Waals surface area contributed by atoms with Gasteiger partial charge < -0.3 is 5.32 Å². The Morgan fingerprint density at radius 1 is 1.05 bits per heavy atom. The molecular formula is C18H20ClNO2. The van der Waals surface area contributed by atoms with Gasteiger partial charge in [0.2, 0.25) is 11.6 Å². The first kappa shape index (κ1) is 15.3. The summed E-state index contributed by atoms with van der Waals surface area (Å²) in [6, 6.07) is 7.05. The molecule has 3 rings (SSSR count). The van der Waals surface area contributed by atoms with E-state index in [4.69, 9.17) is 11.6 Å². The van der Waals surface area contributed by atoms with Crippen molar-refractivity contribution in [3.8, 4) is 0 Å². The first-order chi connectivity index (χ1) is 10.5. The van der Waals surface area contributed by atoms with E-state index in [9.17, 15) is 9.59 Å². The summed E-state index contributed by atoms with van der Waals surface area (Å²) in [6.07, 6.45) is 3.34. The summed E-state index contributed by atoms with van der Waals surface area (Å²) >= 11 is 6.21. The zero-order valence-electron chi connectivity index (χ0n) is 12.9. The molecule has 3 nitrogen and oxygen atoms in total. The van der Waals surface area contributed by atoms with Crippen molar-refractivity contribution < 1.29 is 9.59 Å². The van der Waals surface area contributed by atoms with Gasteiger partial charge in [-0.05, 0) is 18.3 Å². The largest absolute Gasteiger partial charge is 0.378 e. The predicted octanol–water partition coefficient (Wildman–Crippen LogP) is 3.93. The number of Topliss-reactive ketones (excluding diaryl/α,β-unsaturated/α-hetero) is 2. The van der Waals surface area contributed by atoms with Crippen molar-refractivity contribution in [2.75, 3.05) is 0 Å². The highest BCUT2D eigenvalue weighted by Crippen LogP contribution is 2.33. The molecule has 0 spiro atoms. The number of benzene rings is 1. The number of allylic oxidation sites excluding steroid dienone is 2. The molecule has 0 radical (unpaired) electrons. The second kappa shape index (κ2) is 5.88. The molecule has 0 amide bonds. The number of ketones is 2. The topological polar surface area (TPSA) is 46.2 Å². The van der Waals surface area contributed by atoms with Crippen LogP contribution >= 0.6 is 11.6 Å². The van der Waals surface area contributed by atoms with Crippen molar-refractivity contribution in [3.63, 3.8) is 0 Å². The summed E-state index contributed by atoms with van der Waals surface area (Å²) in [6.45, 7) is 4.43. The highest BCUT2D eigenvalue weighted by atomic mass is 35.5. The molecule has 0 heterocycles. The van der Waals surface area contributed by atoms with E-state index >= 15 is 0 Å². The lowest BCUT2D eigenvalue weighted by molar-refractivity contribution is 0.0966. The normalized spacial score (nSPS) is 28.6. The highest BCUT2D eigenvalue weighted by molar-refractivity contribution is 6.49. The number of rotatable bonds is 2. The minimum atomic E-state index is -0.268. The van der Waals surface area contributed by atoms with E-state index in [-0.39, 0.29) is 28.3 Å². The fourth-order valence-corrected chi connectivity index (χ4v) is 3.69. The van der Waals surface area contributed by atoms with Crippen LogP contribution < -0.4 is 5.32 Å². The molecule has 0 aliphatic heterocycles. The summed E-state index contributed by atoms with van der Waals surface area (Å²) < 4.78 is 0. The van der Waals surface area contributed by atoms with Crippen LogP contribution in [0.25, 0.3) is 0 Å². The first-order valence-electron chi connectivity index (χ1n) is 7.85. The quantitative estimate of drug-likeness (QED) is 0.899. The number of hydrogen-bond acceptors (Lipinski definition) is 3. The number of carbonyl (C=O) groups excluding carboxylic acids is 2. The van der Waals surface area contributed by atoms with Crippen molar-refractivity contribution in [1.82, 2.24) is 5.32 Å². The fraction of sp³-hybridized carbons (Fsp3) is 0.444. The van der Waals surface area contributed by atoms with Crippen LogP contribution in [-0.4, -0.2) is 17.6 Å². The zero-order chi connectivity index (χ0) is 15.9. The summed E-state index contributed by atoms with van der Waals surface area (Å²) in [5, 5.41) is 3.31. The second-order valence-corrected chi connectivity index (χ2v) is 6.79. The van der Waals surface area contributed by atoms with Gasteiger partial charge in [-0.1, -0.05) is 62.6 Å². The van der Waals surface area contributed by atoms with Gasteiger partial charge in [0.05, 0.1) is 0 Å². The van der Waals surface area contributed by atoms with Crippen LogP contribution in [0.4, 0.5) is 0 Å². The smallest absolute Gasteiger partial charge is 0.211 e. The molecule has 3 unspecified atom stereocenters. The third kappa shape index (κ3) is 2.48. The van der Waals surface area contributed by atoms with Crippen LogP contribution in [0.1, 0.15) is 53.8 Å². The van der Waals surface area contributed by atoms with Gasteiger partial charge in [0, 0.05) is 17.2 Å². The lowest BCUT2D eigenvalue weighted by Gasteiger charge is -2.36. The average Bonchev–Trinajstić information content (AvgIpc) is 2.53. The predicted molar refractivity (Wildman–Crippen MR) is 87.1 cm³/mol. The van der Waals surface area contributed by atoms with E-state index in [2.05, 4.69) is 19.2 Å². The molecule has 0 aromatic heterocycles. The van der Waals surface area contributed by atoms with Crippen molar-refractivity contribution >= 4 is 23.2 Å². The van der Waals surface area contributed by atoms with Crippen molar-refractivity contribution in [3.05, 3.63) is 46.1 Å². The molecule has 1 aromatic rings. The average molecular weight is 318 g/mol. The molecule has 1 fully saturated rings. The molecule has 2 aliphatic rings. The van der Waals surface area contributed by atoms with Gasteiger partial charge in [0.1, 0.15) is 10.7 Å². The number of halogens is 1. The Bertz CT molecular complexity index is 665. The van der Waals surface area contributed by atoms with E-state index in [1.54, 1.807) is 24.3 Å². The maximum absolute atomic E-state index is 12.7. The van der Waals surface area contributed by atoms with Gasteiger partial charge in [-0.15, -0.1) is 0 Å². The van der Waals surface area contributed by atoms with Crippen LogP contribution in [0, 0.1) is 11.8 Å².